The predicted octanol–water partition coefficient (Wildman–Crippen LogP) is 3.26. The zero-order chi connectivity index (χ0) is 18.3. The van der Waals surface area contributed by atoms with Gasteiger partial charge in [0.25, 0.3) is 0 Å². The first kappa shape index (κ1) is 21.3. The van der Waals surface area contributed by atoms with Crippen LogP contribution >= 0.6 is 0 Å². The highest BCUT2D eigenvalue weighted by Crippen LogP contribution is 2.11. The standard InChI is InChI=1S/C20H36N4O/c1-5-21-20(22-15-9-7-6-8-10-16-24(2)3)23-17-18-11-13-19(25-4)14-12-18/h11-14H,5-10,15-17H2,1-4H3,(H2,21,22,23). The summed E-state index contributed by atoms with van der Waals surface area (Å²) >= 11 is 0. The maximum atomic E-state index is 5.18. The van der Waals surface area contributed by atoms with Gasteiger partial charge in [0.2, 0.25) is 0 Å². The van der Waals surface area contributed by atoms with Crippen molar-refractivity contribution in [2.24, 2.45) is 4.99 Å². The third kappa shape index (κ3) is 10.7. The van der Waals surface area contributed by atoms with Crippen molar-refractivity contribution in [1.29, 1.82) is 0 Å². The summed E-state index contributed by atoms with van der Waals surface area (Å²) in [5.41, 5.74) is 1.18. The molecule has 0 aliphatic carbocycles. The molecule has 0 radical (unpaired) electrons. The number of unbranched alkanes of at least 4 members (excludes halogenated alkanes) is 4. The van der Waals surface area contributed by atoms with Gasteiger partial charge in [-0.15, -0.1) is 0 Å². The molecule has 0 aliphatic heterocycles. The third-order valence-electron chi connectivity index (χ3n) is 4.00. The van der Waals surface area contributed by atoms with Crippen molar-refractivity contribution < 1.29 is 4.74 Å². The van der Waals surface area contributed by atoms with Gasteiger partial charge in [-0.3, -0.25) is 0 Å². The van der Waals surface area contributed by atoms with Gasteiger partial charge in [-0.1, -0.05) is 31.4 Å². The maximum Gasteiger partial charge on any atom is 0.191 e. The van der Waals surface area contributed by atoms with Crippen LogP contribution in [0.4, 0.5) is 0 Å². The molecule has 1 aromatic rings. The Bertz CT molecular complexity index is 471. The van der Waals surface area contributed by atoms with Gasteiger partial charge in [0.1, 0.15) is 5.75 Å². The van der Waals surface area contributed by atoms with Crippen molar-refractivity contribution in [3.8, 4) is 5.75 Å². The molecule has 1 rings (SSSR count). The normalized spacial score (nSPS) is 11.6. The maximum absolute atomic E-state index is 5.18. The Labute approximate surface area is 153 Å². The molecule has 0 heterocycles. The van der Waals surface area contributed by atoms with Crippen LogP contribution in [0.25, 0.3) is 0 Å². The van der Waals surface area contributed by atoms with Crippen LogP contribution in [0.3, 0.4) is 0 Å². The monoisotopic (exact) mass is 348 g/mol. The van der Waals surface area contributed by atoms with Gasteiger partial charge in [0, 0.05) is 13.1 Å². The minimum absolute atomic E-state index is 0.670. The molecular weight excluding hydrogens is 312 g/mol. The third-order valence-corrected chi connectivity index (χ3v) is 4.00. The Kier molecular flexibility index (Phi) is 11.5. The number of methoxy groups -OCH3 is 1. The van der Waals surface area contributed by atoms with Crippen molar-refractivity contribution in [1.82, 2.24) is 15.5 Å². The van der Waals surface area contributed by atoms with Gasteiger partial charge in [-0.05, 0) is 58.1 Å². The number of rotatable bonds is 12. The summed E-state index contributed by atoms with van der Waals surface area (Å²) in [6.07, 6.45) is 6.40. The number of hydrogen-bond donors (Lipinski definition) is 2. The molecule has 0 fully saturated rings. The molecule has 2 N–H and O–H groups in total. The van der Waals surface area contributed by atoms with E-state index in [1.807, 2.05) is 12.1 Å². The molecule has 25 heavy (non-hydrogen) atoms. The summed E-state index contributed by atoms with van der Waals surface area (Å²) in [6, 6.07) is 8.06. The van der Waals surface area contributed by atoms with Crippen LogP contribution in [0.15, 0.2) is 29.3 Å². The lowest BCUT2D eigenvalue weighted by molar-refractivity contribution is 0.389. The summed E-state index contributed by atoms with van der Waals surface area (Å²) in [7, 11) is 5.96. The van der Waals surface area contributed by atoms with Gasteiger partial charge in [-0.2, -0.15) is 0 Å². The molecule has 0 unspecified atom stereocenters. The van der Waals surface area contributed by atoms with Crippen molar-refractivity contribution in [3.05, 3.63) is 29.8 Å². The van der Waals surface area contributed by atoms with Gasteiger partial charge in [0.15, 0.2) is 5.96 Å². The molecule has 5 heteroatoms. The second kappa shape index (κ2) is 13.5. The van der Waals surface area contributed by atoms with Crippen LogP contribution in [0.2, 0.25) is 0 Å². The van der Waals surface area contributed by atoms with Gasteiger partial charge in [0.05, 0.1) is 13.7 Å². The molecule has 0 atom stereocenters. The molecule has 0 saturated heterocycles. The molecule has 0 bridgehead atoms. The zero-order valence-electron chi connectivity index (χ0n) is 16.5. The summed E-state index contributed by atoms with van der Waals surface area (Å²) in [6.45, 7) is 5.81. The summed E-state index contributed by atoms with van der Waals surface area (Å²) in [5.74, 6) is 1.77. The Balaban J connectivity index is 2.24. The van der Waals surface area contributed by atoms with Crippen molar-refractivity contribution in [2.75, 3.05) is 40.8 Å². The number of aliphatic imine (C=N–C) groups is 1. The van der Waals surface area contributed by atoms with Crippen LogP contribution in [-0.2, 0) is 6.54 Å². The Hall–Kier alpha value is -1.75. The minimum atomic E-state index is 0.670. The van der Waals surface area contributed by atoms with Crippen LogP contribution in [0.5, 0.6) is 5.75 Å². The smallest absolute Gasteiger partial charge is 0.191 e. The topological polar surface area (TPSA) is 48.9 Å². The average molecular weight is 349 g/mol. The first-order chi connectivity index (χ1) is 12.2. The Morgan fingerprint density at radius 2 is 1.68 bits per heavy atom. The summed E-state index contributed by atoms with van der Waals surface area (Å²) in [5, 5.41) is 6.74. The SMILES string of the molecule is CCNC(=NCc1ccc(OC)cc1)NCCCCCCCN(C)C. The van der Waals surface area contributed by atoms with Crippen LogP contribution in [0.1, 0.15) is 44.6 Å². The second-order valence-electron chi connectivity index (χ2n) is 6.54. The van der Waals surface area contributed by atoms with Crippen molar-refractivity contribution >= 4 is 5.96 Å². The summed E-state index contributed by atoms with van der Waals surface area (Å²) < 4.78 is 5.18. The number of nitrogens with one attached hydrogen (secondary N) is 2. The van der Waals surface area contributed by atoms with Gasteiger partial charge < -0.3 is 20.3 Å². The van der Waals surface area contributed by atoms with E-state index in [9.17, 15) is 0 Å². The molecule has 0 saturated carbocycles. The first-order valence-corrected chi connectivity index (χ1v) is 9.45. The van der Waals surface area contributed by atoms with E-state index in [4.69, 9.17) is 4.74 Å². The molecule has 1 aromatic carbocycles. The van der Waals surface area contributed by atoms with E-state index >= 15 is 0 Å². The van der Waals surface area contributed by atoms with Crippen LogP contribution < -0.4 is 15.4 Å². The van der Waals surface area contributed by atoms with Crippen molar-refractivity contribution in [3.63, 3.8) is 0 Å². The quantitative estimate of drug-likeness (QED) is 0.346. The Morgan fingerprint density at radius 3 is 2.32 bits per heavy atom. The molecular formula is C20H36N4O. The number of nitrogens with zero attached hydrogens (tertiary/aromatic N) is 2. The number of benzene rings is 1. The van der Waals surface area contributed by atoms with Crippen LogP contribution in [0, 0.1) is 0 Å². The van der Waals surface area contributed by atoms with E-state index in [2.05, 4.69) is 53.7 Å². The highest BCUT2D eigenvalue weighted by atomic mass is 16.5. The van der Waals surface area contributed by atoms with E-state index in [0.29, 0.717) is 6.54 Å². The second-order valence-corrected chi connectivity index (χ2v) is 6.54. The van der Waals surface area contributed by atoms with E-state index in [0.717, 1.165) is 24.8 Å². The Morgan fingerprint density at radius 1 is 1.00 bits per heavy atom. The molecule has 0 spiro atoms. The molecule has 0 aliphatic rings. The molecule has 0 aromatic heterocycles. The van der Waals surface area contributed by atoms with Gasteiger partial charge >= 0.3 is 0 Å². The van der Waals surface area contributed by atoms with Crippen LogP contribution in [-0.4, -0.2) is 51.7 Å². The van der Waals surface area contributed by atoms with Crippen molar-refractivity contribution in [2.45, 2.75) is 45.6 Å². The molecule has 0 amide bonds. The molecule has 5 nitrogen and oxygen atoms in total. The zero-order valence-corrected chi connectivity index (χ0v) is 16.5. The number of ether oxygens (including phenoxy) is 1. The minimum Gasteiger partial charge on any atom is -0.497 e. The average Bonchev–Trinajstić information content (AvgIpc) is 2.62. The largest absolute Gasteiger partial charge is 0.497 e. The highest BCUT2D eigenvalue weighted by Gasteiger charge is 1.99. The lowest BCUT2D eigenvalue weighted by Crippen LogP contribution is -2.37. The number of guanidine groups is 1. The fraction of sp³-hybridized carbons (Fsp3) is 0.650. The predicted molar refractivity (Wildman–Crippen MR) is 107 cm³/mol. The first-order valence-electron chi connectivity index (χ1n) is 9.45. The van der Waals surface area contributed by atoms with E-state index in [-0.39, 0.29) is 0 Å². The lowest BCUT2D eigenvalue weighted by atomic mass is 10.1. The fourth-order valence-electron chi connectivity index (χ4n) is 2.53. The van der Waals surface area contributed by atoms with Gasteiger partial charge in [-0.25, -0.2) is 4.99 Å². The van der Waals surface area contributed by atoms with E-state index < -0.39 is 0 Å². The van der Waals surface area contributed by atoms with E-state index in [1.165, 1.54) is 44.2 Å². The number of hydrogen-bond acceptors (Lipinski definition) is 3. The van der Waals surface area contributed by atoms with E-state index in [1.54, 1.807) is 7.11 Å². The fourth-order valence-corrected chi connectivity index (χ4v) is 2.53. The summed E-state index contributed by atoms with van der Waals surface area (Å²) in [4.78, 5) is 6.91. The molecule has 142 valence electrons. The lowest BCUT2D eigenvalue weighted by Gasteiger charge is -2.12. The highest BCUT2D eigenvalue weighted by molar-refractivity contribution is 5.79.